The number of carbonyl (C=O) groups excluding carboxylic acids is 1. The number of rotatable bonds is 7. The standard InChI is InChI=1S/C18H20ClNO4/c1-20(10-11-24-14-6-4-13(19)5-7-14)18(21)16-12-15(22-2)8-9-17(16)23-3/h4-9,12H,10-11H2,1-3H3. The predicted octanol–water partition coefficient (Wildman–Crippen LogP) is 3.51. The van der Waals surface area contributed by atoms with Crippen molar-refractivity contribution >= 4 is 17.5 Å². The molecule has 2 aromatic carbocycles. The van der Waals surface area contributed by atoms with E-state index < -0.39 is 0 Å². The lowest BCUT2D eigenvalue weighted by atomic mass is 10.1. The van der Waals surface area contributed by atoms with Gasteiger partial charge in [0.25, 0.3) is 5.91 Å². The molecular formula is C18H20ClNO4. The van der Waals surface area contributed by atoms with Crippen LogP contribution in [0.4, 0.5) is 0 Å². The first-order valence-corrected chi connectivity index (χ1v) is 7.79. The van der Waals surface area contributed by atoms with Crippen LogP contribution in [0.15, 0.2) is 42.5 Å². The molecule has 0 unspecified atom stereocenters. The Kier molecular flexibility index (Phi) is 6.32. The average molecular weight is 350 g/mol. The van der Waals surface area contributed by atoms with Gasteiger partial charge >= 0.3 is 0 Å². The van der Waals surface area contributed by atoms with Crippen molar-refractivity contribution in [3.05, 3.63) is 53.1 Å². The summed E-state index contributed by atoms with van der Waals surface area (Å²) in [6.07, 6.45) is 0. The first kappa shape index (κ1) is 17.9. The highest BCUT2D eigenvalue weighted by Crippen LogP contribution is 2.25. The molecule has 0 saturated heterocycles. The van der Waals surface area contributed by atoms with Gasteiger partial charge in [-0.2, -0.15) is 0 Å². The monoisotopic (exact) mass is 349 g/mol. The summed E-state index contributed by atoms with van der Waals surface area (Å²) in [5.41, 5.74) is 0.450. The van der Waals surface area contributed by atoms with Crippen LogP contribution >= 0.6 is 11.6 Å². The number of methoxy groups -OCH3 is 2. The minimum Gasteiger partial charge on any atom is -0.497 e. The third-order valence-electron chi connectivity index (χ3n) is 3.49. The molecular weight excluding hydrogens is 330 g/mol. The first-order chi connectivity index (χ1) is 11.5. The van der Waals surface area contributed by atoms with Gasteiger partial charge in [0.15, 0.2) is 0 Å². The van der Waals surface area contributed by atoms with Crippen LogP contribution in [0.25, 0.3) is 0 Å². The van der Waals surface area contributed by atoms with E-state index in [0.29, 0.717) is 41.0 Å². The predicted molar refractivity (Wildman–Crippen MR) is 93.5 cm³/mol. The lowest BCUT2D eigenvalue weighted by Gasteiger charge is -2.19. The van der Waals surface area contributed by atoms with Crippen LogP contribution in [0, 0.1) is 0 Å². The number of likely N-dealkylation sites (N-methyl/N-ethyl adjacent to an activating group) is 1. The average Bonchev–Trinajstić information content (AvgIpc) is 2.62. The zero-order valence-electron chi connectivity index (χ0n) is 13.9. The van der Waals surface area contributed by atoms with E-state index >= 15 is 0 Å². The molecule has 24 heavy (non-hydrogen) atoms. The van der Waals surface area contributed by atoms with Gasteiger partial charge in [0.05, 0.1) is 26.3 Å². The fourth-order valence-corrected chi connectivity index (χ4v) is 2.25. The van der Waals surface area contributed by atoms with Crippen LogP contribution in [-0.4, -0.2) is 45.2 Å². The normalized spacial score (nSPS) is 10.2. The minimum absolute atomic E-state index is 0.162. The Morgan fingerprint density at radius 1 is 1.04 bits per heavy atom. The third-order valence-corrected chi connectivity index (χ3v) is 3.74. The van der Waals surface area contributed by atoms with Gasteiger partial charge in [-0.05, 0) is 42.5 Å². The van der Waals surface area contributed by atoms with Crippen molar-refractivity contribution in [2.24, 2.45) is 0 Å². The number of carbonyl (C=O) groups is 1. The lowest BCUT2D eigenvalue weighted by Crippen LogP contribution is -2.31. The summed E-state index contributed by atoms with van der Waals surface area (Å²) < 4.78 is 16.0. The first-order valence-electron chi connectivity index (χ1n) is 7.41. The van der Waals surface area contributed by atoms with Gasteiger partial charge in [0.2, 0.25) is 0 Å². The maximum Gasteiger partial charge on any atom is 0.257 e. The molecule has 5 nitrogen and oxygen atoms in total. The van der Waals surface area contributed by atoms with E-state index in [1.54, 1.807) is 61.5 Å². The summed E-state index contributed by atoms with van der Waals surface area (Å²) in [6, 6.07) is 12.2. The number of ether oxygens (including phenoxy) is 3. The Bertz CT molecular complexity index is 688. The minimum atomic E-state index is -0.162. The van der Waals surface area contributed by atoms with Crippen molar-refractivity contribution in [1.82, 2.24) is 4.90 Å². The summed E-state index contributed by atoms with van der Waals surface area (Å²) in [6.45, 7) is 0.804. The molecule has 0 aromatic heterocycles. The molecule has 2 rings (SSSR count). The molecule has 6 heteroatoms. The summed E-state index contributed by atoms with van der Waals surface area (Å²) in [5.74, 6) is 1.65. The van der Waals surface area contributed by atoms with E-state index in [1.165, 1.54) is 7.11 Å². The van der Waals surface area contributed by atoms with E-state index in [0.717, 1.165) is 0 Å². The quantitative estimate of drug-likeness (QED) is 0.767. The second-order valence-electron chi connectivity index (χ2n) is 5.10. The van der Waals surface area contributed by atoms with Crippen LogP contribution in [0.3, 0.4) is 0 Å². The van der Waals surface area contributed by atoms with E-state index in [4.69, 9.17) is 25.8 Å². The summed E-state index contributed by atoms with van der Waals surface area (Å²) in [4.78, 5) is 14.2. The number of amides is 1. The van der Waals surface area contributed by atoms with Gasteiger partial charge in [-0.1, -0.05) is 11.6 Å². The Morgan fingerprint density at radius 2 is 1.71 bits per heavy atom. The topological polar surface area (TPSA) is 48.0 Å². The van der Waals surface area contributed by atoms with Crippen molar-refractivity contribution in [2.75, 3.05) is 34.4 Å². The number of nitrogens with zero attached hydrogens (tertiary/aromatic N) is 1. The molecule has 0 bridgehead atoms. The summed E-state index contributed by atoms with van der Waals surface area (Å²) in [7, 11) is 4.80. The third kappa shape index (κ3) is 4.55. The number of hydrogen-bond acceptors (Lipinski definition) is 4. The molecule has 0 spiro atoms. The highest BCUT2D eigenvalue weighted by molar-refractivity contribution is 6.30. The van der Waals surface area contributed by atoms with Crippen LogP contribution in [0.5, 0.6) is 17.2 Å². The van der Waals surface area contributed by atoms with E-state index in [9.17, 15) is 4.79 Å². The molecule has 0 atom stereocenters. The van der Waals surface area contributed by atoms with Gasteiger partial charge in [-0.15, -0.1) is 0 Å². The van der Waals surface area contributed by atoms with E-state index in [-0.39, 0.29) is 5.91 Å². The van der Waals surface area contributed by atoms with Crippen molar-refractivity contribution in [3.8, 4) is 17.2 Å². The SMILES string of the molecule is COc1ccc(OC)c(C(=O)N(C)CCOc2ccc(Cl)cc2)c1. The van der Waals surface area contributed by atoms with Gasteiger partial charge in [-0.3, -0.25) is 4.79 Å². The molecule has 2 aromatic rings. The Hall–Kier alpha value is -2.40. The lowest BCUT2D eigenvalue weighted by molar-refractivity contribution is 0.0770. The second-order valence-corrected chi connectivity index (χ2v) is 5.53. The maximum atomic E-state index is 12.6. The molecule has 0 aliphatic carbocycles. The molecule has 0 saturated carbocycles. The fourth-order valence-electron chi connectivity index (χ4n) is 2.12. The van der Waals surface area contributed by atoms with Gasteiger partial charge in [0, 0.05) is 12.1 Å². The maximum absolute atomic E-state index is 12.6. The van der Waals surface area contributed by atoms with Gasteiger partial charge in [-0.25, -0.2) is 0 Å². The van der Waals surface area contributed by atoms with Crippen LogP contribution in [0.2, 0.25) is 5.02 Å². The second kappa shape index (κ2) is 8.45. The molecule has 1 amide bonds. The van der Waals surface area contributed by atoms with Crippen molar-refractivity contribution < 1.29 is 19.0 Å². The van der Waals surface area contributed by atoms with Crippen molar-refractivity contribution in [3.63, 3.8) is 0 Å². The zero-order valence-corrected chi connectivity index (χ0v) is 14.7. The molecule has 0 aliphatic heterocycles. The number of hydrogen-bond donors (Lipinski definition) is 0. The molecule has 128 valence electrons. The van der Waals surface area contributed by atoms with Gasteiger partial charge < -0.3 is 19.1 Å². The van der Waals surface area contributed by atoms with Crippen LogP contribution in [-0.2, 0) is 0 Å². The Labute approximate surface area is 146 Å². The molecule has 0 N–H and O–H groups in total. The summed E-state index contributed by atoms with van der Waals surface area (Å²) >= 11 is 5.83. The number of halogens is 1. The zero-order chi connectivity index (χ0) is 17.5. The molecule has 0 fully saturated rings. The number of benzene rings is 2. The smallest absolute Gasteiger partial charge is 0.257 e. The Balaban J connectivity index is 1.97. The fraction of sp³-hybridized carbons (Fsp3) is 0.278. The molecule has 0 aliphatic rings. The van der Waals surface area contributed by atoms with E-state index in [1.807, 2.05) is 0 Å². The summed E-state index contributed by atoms with van der Waals surface area (Å²) in [5, 5.41) is 0.653. The molecule has 0 heterocycles. The van der Waals surface area contributed by atoms with Crippen molar-refractivity contribution in [1.29, 1.82) is 0 Å². The highest BCUT2D eigenvalue weighted by Gasteiger charge is 2.17. The highest BCUT2D eigenvalue weighted by atomic mass is 35.5. The largest absolute Gasteiger partial charge is 0.497 e. The van der Waals surface area contributed by atoms with Crippen molar-refractivity contribution in [2.45, 2.75) is 0 Å². The van der Waals surface area contributed by atoms with E-state index in [2.05, 4.69) is 0 Å². The van der Waals surface area contributed by atoms with Gasteiger partial charge in [0.1, 0.15) is 23.9 Å². The Morgan fingerprint density at radius 3 is 2.33 bits per heavy atom. The van der Waals surface area contributed by atoms with Crippen LogP contribution in [0.1, 0.15) is 10.4 Å². The molecule has 0 radical (unpaired) electrons. The van der Waals surface area contributed by atoms with Crippen LogP contribution < -0.4 is 14.2 Å².